The second kappa shape index (κ2) is 23.2. The van der Waals surface area contributed by atoms with Crippen LogP contribution in [0, 0.1) is 0 Å². The number of ether oxygens (including phenoxy) is 1. The minimum absolute atomic E-state index is 0.112. The molecule has 0 aliphatic carbocycles. The van der Waals surface area contributed by atoms with Crippen molar-refractivity contribution in [2.45, 2.75) is 45.2 Å². The molecule has 228 valence electrons. The average Bonchev–Trinajstić information content (AvgIpc) is 2.98. The van der Waals surface area contributed by atoms with E-state index in [4.69, 9.17) is 32.2 Å². The normalized spacial score (nSPS) is 10.1. The number of rotatable bonds is 11. The highest BCUT2D eigenvalue weighted by molar-refractivity contribution is 5.89. The van der Waals surface area contributed by atoms with Gasteiger partial charge in [0.15, 0.2) is 0 Å². The summed E-state index contributed by atoms with van der Waals surface area (Å²) >= 11 is 0. The Morgan fingerprint density at radius 1 is 0.905 bits per heavy atom. The summed E-state index contributed by atoms with van der Waals surface area (Å²) in [5.41, 5.74) is 19.1. The molecule has 1 amide bonds. The molecule has 0 bridgehead atoms. The zero-order valence-electron chi connectivity index (χ0n) is 24.1. The number of carbonyl (C=O) groups excluding carboxylic acids is 2. The van der Waals surface area contributed by atoms with Gasteiger partial charge in [0.05, 0.1) is 13.5 Å². The number of anilines is 1. The fourth-order valence-electron chi connectivity index (χ4n) is 3.12. The number of nitrogens with two attached hydrogens (primary N) is 3. The van der Waals surface area contributed by atoms with Gasteiger partial charge in [-0.3, -0.25) is 19.2 Å². The third-order valence-electron chi connectivity index (χ3n) is 5.26. The Bertz CT molecular complexity index is 1170. The van der Waals surface area contributed by atoms with Crippen LogP contribution < -0.4 is 27.3 Å². The molecule has 0 saturated carbocycles. The topological polar surface area (TPSA) is 208 Å². The average molecular weight is 583 g/mol. The van der Waals surface area contributed by atoms with Gasteiger partial charge in [0.25, 0.3) is 0 Å². The Morgan fingerprint density at radius 3 is 1.95 bits per heavy atom. The van der Waals surface area contributed by atoms with E-state index in [1.54, 1.807) is 43.5 Å². The molecule has 0 spiro atoms. The minimum atomic E-state index is -0.933. The van der Waals surface area contributed by atoms with Gasteiger partial charge in [-0.05, 0) is 55.3 Å². The lowest BCUT2D eigenvalue weighted by Gasteiger charge is -2.03. The molecular formula is C31H42N4O7. The molecule has 9 N–H and O–H groups in total. The highest BCUT2D eigenvalue weighted by Crippen LogP contribution is 2.15. The molecule has 3 rings (SSSR count). The zero-order chi connectivity index (χ0) is 31.8. The van der Waals surface area contributed by atoms with Crippen LogP contribution in [0.4, 0.5) is 5.69 Å². The van der Waals surface area contributed by atoms with Gasteiger partial charge in [0.2, 0.25) is 5.91 Å². The second-order valence-corrected chi connectivity index (χ2v) is 8.72. The maximum atomic E-state index is 10.6. The molecule has 3 aromatic rings. The van der Waals surface area contributed by atoms with Gasteiger partial charge in [-0.2, -0.15) is 0 Å². The van der Waals surface area contributed by atoms with Crippen LogP contribution in [0.25, 0.3) is 0 Å². The highest BCUT2D eigenvalue weighted by atomic mass is 16.5. The van der Waals surface area contributed by atoms with Crippen molar-refractivity contribution in [2.24, 2.45) is 17.2 Å². The number of carboxylic acid groups (broad SMARTS) is 2. The number of hydrogen-bond acceptors (Lipinski definition) is 8. The molecule has 0 aromatic heterocycles. The second-order valence-electron chi connectivity index (χ2n) is 8.72. The largest absolute Gasteiger partial charge is 0.496 e. The van der Waals surface area contributed by atoms with Crippen LogP contribution in [-0.4, -0.2) is 54.0 Å². The smallest absolute Gasteiger partial charge is 0.320 e. The molecule has 0 aliphatic heterocycles. The summed E-state index contributed by atoms with van der Waals surface area (Å²) in [5, 5.41) is 19.3. The first-order valence-electron chi connectivity index (χ1n) is 13.2. The molecule has 0 radical (unpaired) electrons. The fraction of sp³-hybridized carbons (Fsp3) is 0.290. The van der Waals surface area contributed by atoms with Gasteiger partial charge in [-0.25, -0.2) is 0 Å². The quantitative estimate of drug-likeness (QED) is 0.143. The number of amides is 1. The SMILES string of the molecule is CC(=O)Nc1ccc(C=O)cc1.COc1ccccc1CN.NCCCCC(N)C(=O)O.O=C(O)Cc1ccccc1. The van der Waals surface area contributed by atoms with Gasteiger partial charge in [0, 0.05) is 30.3 Å². The van der Waals surface area contributed by atoms with Gasteiger partial charge in [-0.15, -0.1) is 0 Å². The molecule has 42 heavy (non-hydrogen) atoms. The van der Waals surface area contributed by atoms with E-state index in [1.807, 2.05) is 42.5 Å². The Labute approximate surface area is 246 Å². The van der Waals surface area contributed by atoms with Crippen molar-refractivity contribution in [1.82, 2.24) is 0 Å². The van der Waals surface area contributed by atoms with E-state index in [0.29, 0.717) is 30.8 Å². The van der Waals surface area contributed by atoms with Crippen molar-refractivity contribution >= 4 is 29.8 Å². The molecule has 0 heterocycles. The molecular weight excluding hydrogens is 540 g/mol. The Morgan fingerprint density at radius 2 is 1.50 bits per heavy atom. The van der Waals surface area contributed by atoms with Crippen LogP contribution >= 0.6 is 0 Å². The van der Waals surface area contributed by atoms with Crippen molar-refractivity contribution in [3.8, 4) is 5.75 Å². The van der Waals surface area contributed by atoms with Gasteiger partial charge >= 0.3 is 11.9 Å². The maximum Gasteiger partial charge on any atom is 0.320 e. The van der Waals surface area contributed by atoms with Crippen LogP contribution in [0.1, 0.15) is 47.7 Å². The van der Waals surface area contributed by atoms with E-state index in [-0.39, 0.29) is 12.3 Å². The van der Waals surface area contributed by atoms with Crippen LogP contribution in [0.5, 0.6) is 5.75 Å². The number of para-hydroxylation sites is 1. The van der Waals surface area contributed by atoms with Crippen molar-refractivity contribution < 1.29 is 34.1 Å². The van der Waals surface area contributed by atoms with Crippen LogP contribution in [0.2, 0.25) is 0 Å². The van der Waals surface area contributed by atoms with Crippen molar-refractivity contribution in [1.29, 1.82) is 0 Å². The lowest BCUT2D eigenvalue weighted by atomic mass is 10.1. The van der Waals surface area contributed by atoms with E-state index in [2.05, 4.69) is 5.32 Å². The number of benzene rings is 3. The number of methoxy groups -OCH3 is 1. The molecule has 3 aromatic carbocycles. The number of aliphatic carboxylic acids is 2. The van der Waals surface area contributed by atoms with Crippen molar-refractivity contribution in [3.63, 3.8) is 0 Å². The highest BCUT2D eigenvalue weighted by Gasteiger charge is 2.09. The summed E-state index contributed by atoms with van der Waals surface area (Å²) in [5.74, 6) is -0.970. The summed E-state index contributed by atoms with van der Waals surface area (Å²) in [6.45, 7) is 2.57. The van der Waals surface area contributed by atoms with Gasteiger partial charge in [-0.1, -0.05) is 55.0 Å². The molecule has 0 aliphatic rings. The van der Waals surface area contributed by atoms with Crippen molar-refractivity contribution in [3.05, 3.63) is 95.6 Å². The van der Waals surface area contributed by atoms with E-state index in [9.17, 15) is 19.2 Å². The zero-order valence-corrected chi connectivity index (χ0v) is 24.1. The number of unbranched alkanes of at least 4 members (excludes halogenated alkanes) is 1. The summed E-state index contributed by atoms with van der Waals surface area (Å²) in [4.78, 5) is 41.1. The van der Waals surface area contributed by atoms with E-state index in [0.717, 1.165) is 36.0 Å². The van der Waals surface area contributed by atoms with Crippen LogP contribution in [0.15, 0.2) is 78.9 Å². The lowest BCUT2D eigenvalue weighted by Crippen LogP contribution is -2.29. The minimum Gasteiger partial charge on any atom is -0.496 e. The Balaban J connectivity index is 0.000000536. The molecule has 11 heteroatoms. The summed E-state index contributed by atoms with van der Waals surface area (Å²) in [6, 6.07) is 22.8. The molecule has 0 fully saturated rings. The number of carbonyl (C=O) groups is 4. The molecule has 11 nitrogen and oxygen atoms in total. The molecule has 1 unspecified atom stereocenters. The standard InChI is InChI=1S/C9H9NO2.C8H11NO.C8H8O2.C6H14N2O2/c1-7(12)10-9-4-2-8(6-11)3-5-9;1-10-8-5-3-2-4-7(8)6-9;9-8(10)6-7-4-2-1-3-5-7;7-4-2-1-3-5(8)6(9)10/h2-6H,1H3,(H,10,12);2-5H,6,9H2,1H3;1-5H,6H2,(H,9,10);5H,1-4,7-8H2,(H,9,10). The Kier molecular flexibility index (Phi) is 20.6. The van der Waals surface area contributed by atoms with Crippen LogP contribution in [0.3, 0.4) is 0 Å². The van der Waals surface area contributed by atoms with Gasteiger partial charge < -0.3 is 37.5 Å². The summed E-state index contributed by atoms with van der Waals surface area (Å²) in [6.07, 6.45) is 3.04. The van der Waals surface area contributed by atoms with E-state index in [1.165, 1.54) is 6.92 Å². The lowest BCUT2D eigenvalue weighted by molar-refractivity contribution is -0.139. The number of aldehydes is 1. The first-order chi connectivity index (χ1) is 20.1. The summed E-state index contributed by atoms with van der Waals surface area (Å²) in [7, 11) is 1.65. The number of carboxylic acids is 2. The Hall–Kier alpha value is -4.58. The number of hydrogen-bond donors (Lipinski definition) is 6. The molecule has 1 atom stereocenters. The predicted octanol–water partition coefficient (Wildman–Crippen LogP) is 3.45. The van der Waals surface area contributed by atoms with Crippen LogP contribution in [-0.2, 0) is 27.3 Å². The predicted molar refractivity (Wildman–Crippen MR) is 163 cm³/mol. The third kappa shape index (κ3) is 18.7. The van der Waals surface area contributed by atoms with Crippen molar-refractivity contribution in [2.75, 3.05) is 19.0 Å². The maximum absolute atomic E-state index is 10.6. The van der Waals surface area contributed by atoms with E-state index < -0.39 is 18.0 Å². The van der Waals surface area contributed by atoms with Gasteiger partial charge in [0.1, 0.15) is 18.1 Å². The first-order valence-corrected chi connectivity index (χ1v) is 13.2. The third-order valence-corrected chi connectivity index (χ3v) is 5.26. The van der Waals surface area contributed by atoms with E-state index >= 15 is 0 Å². The monoisotopic (exact) mass is 582 g/mol. The number of nitrogens with one attached hydrogen (secondary N) is 1. The molecule has 0 saturated heterocycles. The fourth-order valence-corrected chi connectivity index (χ4v) is 3.12. The first kappa shape index (κ1) is 37.4. The summed E-state index contributed by atoms with van der Waals surface area (Å²) < 4.78 is 5.06.